The molecule has 0 amide bonds. The first-order valence-corrected chi connectivity index (χ1v) is 28.3. The monoisotopic (exact) mass is 999 g/mol. The van der Waals surface area contributed by atoms with Crippen LogP contribution in [0.5, 0.6) is 0 Å². The summed E-state index contributed by atoms with van der Waals surface area (Å²) in [7, 11) is -4.77. The molecular formula is C58H95O11P. The minimum Gasteiger partial charge on any atom is -0.461 e. The second-order valence-electron chi connectivity index (χ2n) is 17.3. The third kappa shape index (κ3) is 49.1. The van der Waals surface area contributed by atoms with Gasteiger partial charge in [-0.25, -0.2) is 4.57 Å². The Balaban J connectivity index is 4.89. The molecule has 3 atom stereocenters. The minimum atomic E-state index is -4.77. The minimum absolute atomic E-state index is 0.0132. The molecule has 0 spiro atoms. The number of carbonyl (C=O) groups is 3. The Morgan fingerprint density at radius 3 is 1.23 bits per heavy atom. The largest absolute Gasteiger partial charge is 0.472 e. The molecule has 11 nitrogen and oxygen atoms in total. The molecule has 398 valence electrons. The normalized spacial score (nSPS) is 14.3. The Morgan fingerprint density at radius 1 is 0.429 bits per heavy atom. The van der Waals surface area contributed by atoms with Crippen molar-refractivity contribution < 1.29 is 52.2 Å². The SMILES string of the molecule is CC/C=C\C/C=C\C/C=C\C/C=C\C/C=C\CC(=O)OCC(COP(=O)(O)OCC(CO)OC(=O)CCCCCCC/C=C\CCCC)OC(=O)CCCCCCCCC/C=C\C/C=C\C/C=C\CC. The Kier molecular flexibility index (Phi) is 48.7. The Labute approximate surface area is 425 Å². The van der Waals surface area contributed by atoms with Crippen molar-refractivity contribution in [1.29, 1.82) is 0 Å². The Morgan fingerprint density at radius 2 is 0.786 bits per heavy atom. The third-order valence-corrected chi connectivity index (χ3v) is 11.6. The smallest absolute Gasteiger partial charge is 0.461 e. The van der Waals surface area contributed by atoms with E-state index in [-0.39, 0.29) is 19.3 Å². The second kappa shape index (κ2) is 51.5. The number of phosphoric acid groups is 1. The number of phosphoric ester groups is 1. The summed E-state index contributed by atoms with van der Waals surface area (Å²) in [4.78, 5) is 48.3. The molecule has 2 N–H and O–H groups in total. The van der Waals surface area contributed by atoms with Crippen LogP contribution in [0.4, 0.5) is 0 Å². The zero-order valence-corrected chi connectivity index (χ0v) is 44.6. The average molecular weight is 999 g/mol. The van der Waals surface area contributed by atoms with Gasteiger partial charge in [0.25, 0.3) is 0 Å². The van der Waals surface area contributed by atoms with Crippen molar-refractivity contribution >= 4 is 25.7 Å². The lowest BCUT2D eigenvalue weighted by molar-refractivity contribution is -0.161. The highest BCUT2D eigenvalue weighted by atomic mass is 31.2. The van der Waals surface area contributed by atoms with Crippen molar-refractivity contribution in [3.63, 3.8) is 0 Å². The van der Waals surface area contributed by atoms with Gasteiger partial charge >= 0.3 is 25.7 Å². The maximum atomic E-state index is 12.9. The molecular weight excluding hydrogens is 904 g/mol. The summed E-state index contributed by atoms with van der Waals surface area (Å²) in [5, 5.41) is 9.77. The number of allylic oxidation sites excluding steroid dienone is 17. The number of aliphatic hydroxyl groups is 1. The molecule has 0 aromatic rings. The molecule has 0 heterocycles. The summed E-state index contributed by atoms with van der Waals surface area (Å²) in [5.74, 6) is -1.65. The number of aliphatic hydroxyl groups excluding tert-OH is 1. The topological polar surface area (TPSA) is 155 Å². The first-order chi connectivity index (χ1) is 34.2. The highest BCUT2D eigenvalue weighted by molar-refractivity contribution is 7.47. The molecule has 0 saturated carbocycles. The van der Waals surface area contributed by atoms with Crippen LogP contribution in [-0.4, -0.2) is 66.5 Å². The van der Waals surface area contributed by atoms with Gasteiger partial charge in [-0.3, -0.25) is 23.4 Å². The Hall–Kier alpha value is -3.86. The summed E-state index contributed by atoms with van der Waals surface area (Å²) in [6.07, 6.45) is 60.8. The Bertz CT molecular complexity index is 1590. The predicted octanol–water partition coefficient (Wildman–Crippen LogP) is 15.5. The van der Waals surface area contributed by atoms with Crippen molar-refractivity contribution in [2.24, 2.45) is 0 Å². The van der Waals surface area contributed by atoms with E-state index in [2.05, 4.69) is 112 Å². The predicted molar refractivity (Wildman–Crippen MR) is 288 cm³/mol. The van der Waals surface area contributed by atoms with E-state index >= 15 is 0 Å². The first kappa shape index (κ1) is 66.1. The summed E-state index contributed by atoms with van der Waals surface area (Å²) in [6.45, 7) is 4.22. The number of rotatable bonds is 48. The van der Waals surface area contributed by atoms with Crippen LogP contribution >= 0.6 is 7.82 Å². The fourth-order valence-corrected chi connectivity index (χ4v) is 7.44. The van der Waals surface area contributed by atoms with Crippen molar-refractivity contribution in [3.8, 4) is 0 Å². The molecule has 12 heteroatoms. The summed E-state index contributed by atoms with van der Waals surface area (Å²) >= 11 is 0. The standard InChI is InChI=1S/C58H95O11P/c1-4-7-10-13-16-19-22-24-26-27-29-31-34-37-40-43-46-49-58(62)69-55(51-65-56(60)47-44-41-38-35-33-30-28-25-23-20-17-14-11-8-5-2)53-67-70(63,64)66-52-54(50-59)68-57(61)48-45-42-39-36-32-21-18-15-12-9-6-3/h7-8,10-11,15-20,24-26,28,33,35,41,44,54-55,59H,4-6,9,12-14,21-23,27,29-32,34,36-40,42-43,45-53H2,1-3H3,(H,63,64)/b10-7-,11-8-,18-15-,19-16-,20-17-,26-24-,28-25-,35-33-,44-41-. The van der Waals surface area contributed by atoms with Crippen molar-refractivity contribution in [3.05, 3.63) is 109 Å². The zero-order chi connectivity index (χ0) is 51.3. The molecule has 3 unspecified atom stereocenters. The number of hydrogen-bond donors (Lipinski definition) is 2. The van der Waals surface area contributed by atoms with Crippen molar-refractivity contribution in [1.82, 2.24) is 0 Å². The summed E-state index contributed by atoms with van der Waals surface area (Å²) in [5.41, 5.74) is 0. The number of unbranched alkanes of at least 4 members (excludes halogenated alkanes) is 14. The van der Waals surface area contributed by atoms with E-state index in [1.54, 1.807) is 6.08 Å². The van der Waals surface area contributed by atoms with Gasteiger partial charge in [-0.15, -0.1) is 0 Å². The fraction of sp³-hybridized carbons (Fsp3) is 0.638. The van der Waals surface area contributed by atoms with Gasteiger partial charge in [0.2, 0.25) is 0 Å². The van der Waals surface area contributed by atoms with E-state index in [1.165, 1.54) is 12.8 Å². The molecule has 0 rings (SSSR count). The van der Waals surface area contributed by atoms with Gasteiger partial charge in [-0.1, -0.05) is 194 Å². The summed E-state index contributed by atoms with van der Waals surface area (Å²) in [6, 6.07) is 0. The van der Waals surface area contributed by atoms with Crippen LogP contribution in [0, 0.1) is 0 Å². The number of esters is 3. The molecule has 0 aliphatic rings. The van der Waals surface area contributed by atoms with Crippen LogP contribution < -0.4 is 0 Å². The maximum absolute atomic E-state index is 12.9. The van der Waals surface area contributed by atoms with Crippen LogP contribution in [0.25, 0.3) is 0 Å². The van der Waals surface area contributed by atoms with Crippen LogP contribution in [0.1, 0.15) is 201 Å². The number of hydrogen-bond acceptors (Lipinski definition) is 10. The van der Waals surface area contributed by atoms with Gasteiger partial charge in [0.15, 0.2) is 6.10 Å². The maximum Gasteiger partial charge on any atom is 0.472 e. The van der Waals surface area contributed by atoms with Gasteiger partial charge in [0, 0.05) is 12.8 Å². The molecule has 0 bridgehead atoms. The zero-order valence-electron chi connectivity index (χ0n) is 43.7. The van der Waals surface area contributed by atoms with E-state index < -0.39 is 64.4 Å². The average Bonchev–Trinajstić information content (AvgIpc) is 3.35. The first-order valence-electron chi connectivity index (χ1n) is 26.8. The quantitative estimate of drug-likeness (QED) is 0.0197. The van der Waals surface area contributed by atoms with E-state index in [0.29, 0.717) is 19.3 Å². The second-order valence-corrected chi connectivity index (χ2v) is 18.7. The van der Waals surface area contributed by atoms with E-state index in [1.807, 2.05) is 12.2 Å². The van der Waals surface area contributed by atoms with E-state index in [0.717, 1.165) is 128 Å². The van der Waals surface area contributed by atoms with E-state index in [4.69, 9.17) is 23.3 Å². The molecule has 0 aromatic carbocycles. The summed E-state index contributed by atoms with van der Waals surface area (Å²) < 4.78 is 39.2. The highest BCUT2D eigenvalue weighted by Crippen LogP contribution is 2.43. The highest BCUT2D eigenvalue weighted by Gasteiger charge is 2.28. The van der Waals surface area contributed by atoms with Crippen LogP contribution in [0.3, 0.4) is 0 Å². The molecule has 0 radical (unpaired) electrons. The molecule has 0 aromatic heterocycles. The van der Waals surface area contributed by atoms with Crippen LogP contribution in [0.2, 0.25) is 0 Å². The van der Waals surface area contributed by atoms with Gasteiger partial charge in [-0.05, 0) is 96.3 Å². The van der Waals surface area contributed by atoms with Gasteiger partial charge in [0.05, 0.1) is 26.2 Å². The third-order valence-electron chi connectivity index (χ3n) is 10.7. The lowest BCUT2D eigenvalue weighted by atomic mass is 10.1. The molecule has 0 saturated heterocycles. The lowest BCUT2D eigenvalue weighted by Crippen LogP contribution is -2.30. The molecule has 0 aliphatic heterocycles. The number of ether oxygens (including phenoxy) is 3. The van der Waals surface area contributed by atoms with Crippen molar-refractivity contribution in [2.45, 2.75) is 213 Å². The fourth-order valence-electron chi connectivity index (χ4n) is 6.66. The van der Waals surface area contributed by atoms with Crippen LogP contribution in [0.15, 0.2) is 109 Å². The van der Waals surface area contributed by atoms with Crippen molar-refractivity contribution in [2.75, 3.05) is 26.4 Å². The molecule has 0 fully saturated rings. The van der Waals surface area contributed by atoms with Gasteiger partial charge in [-0.2, -0.15) is 0 Å². The van der Waals surface area contributed by atoms with Gasteiger partial charge in [0.1, 0.15) is 12.7 Å². The number of carbonyl (C=O) groups excluding carboxylic acids is 3. The molecule has 0 aliphatic carbocycles. The molecule has 70 heavy (non-hydrogen) atoms. The van der Waals surface area contributed by atoms with Gasteiger partial charge < -0.3 is 24.2 Å². The van der Waals surface area contributed by atoms with Crippen LogP contribution in [-0.2, 0) is 42.2 Å². The lowest BCUT2D eigenvalue weighted by Gasteiger charge is -2.21. The van der Waals surface area contributed by atoms with E-state index in [9.17, 15) is 28.9 Å².